The molecule has 0 aliphatic rings. The summed E-state index contributed by atoms with van der Waals surface area (Å²) >= 11 is 1.42. The summed E-state index contributed by atoms with van der Waals surface area (Å²) in [6.45, 7) is 0. The third kappa shape index (κ3) is 1.64. The molecule has 0 spiro atoms. The van der Waals surface area contributed by atoms with Crippen LogP contribution < -0.4 is 11.5 Å². The van der Waals surface area contributed by atoms with Gasteiger partial charge in [-0.1, -0.05) is 5.92 Å². The molecule has 0 bridgehead atoms. The number of thiophene rings is 1. The van der Waals surface area contributed by atoms with Crippen molar-refractivity contribution in [2.24, 2.45) is 11.5 Å². The Morgan fingerprint density at radius 3 is 2.83 bits per heavy atom. The number of amidine groups is 1. The number of nitrogen functional groups attached to an aromatic ring is 1. The molecule has 0 amide bonds. The fraction of sp³-hybridized carbons (Fsp3) is 0.125. The van der Waals surface area contributed by atoms with E-state index in [0.29, 0.717) is 5.56 Å². The average molecular weight is 179 g/mol. The van der Waals surface area contributed by atoms with E-state index in [4.69, 9.17) is 23.3 Å². The first-order valence-electron chi connectivity index (χ1n) is 3.29. The second-order valence-electron chi connectivity index (χ2n) is 2.30. The van der Waals surface area contributed by atoms with E-state index < -0.39 is 0 Å². The van der Waals surface area contributed by atoms with Gasteiger partial charge in [-0.25, -0.2) is 0 Å². The molecule has 1 rings (SSSR count). The Hall–Kier alpha value is -1.31. The zero-order valence-electron chi connectivity index (χ0n) is 6.37. The molecule has 3 nitrogen and oxygen atoms in total. The summed E-state index contributed by atoms with van der Waals surface area (Å²) in [6, 6.07) is 1.36. The summed E-state index contributed by atoms with van der Waals surface area (Å²) < 4.78 is 0. The van der Waals surface area contributed by atoms with Gasteiger partial charge in [-0.05, 0) is 6.07 Å². The Morgan fingerprint density at radius 2 is 2.42 bits per heavy atom. The first-order chi connectivity index (χ1) is 5.65. The van der Waals surface area contributed by atoms with Crippen molar-refractivity contribution >= 4 is 17.2 Å². The van der Waals surface area contributed by atoms with Crippen LogP contribution in [0, 0.1) is 17.8 Å². The molecule has 0 unspecified atom stereocenters. The lowest BCUT2D eigenvalue weighted by atomic mass is 10.2. The van der Waals surface area contributed by atoms with Crippen LogP contribution in [-0.4, -0.2) is 5.84 Å². The first kappa shape index (κ1) is 8.78. The van der Waals surface area contributed by atoms with Gasteiger partial charge >= 0.3 is 0 Å². The lowest BCUT2D eigenvalue weighted by molar-refractivity contribution is 0.973. The van der Waals surface area contributed by atoms with Gasteiger partial charge in [-0.3, -0.25) is 5.41 Å². The van der Waals surface area contributed by atoms with E-state index in [1.54, 1.807) is 11.4 Å². The predicted molar refractivity (Wildman–Crippen MR) is 51.1 cm³/mol. The van der Waals surface area contributed by atoms with Crippen molar-refractivity contribution in [2.75, 3.05) is 0 Å². The molecule has 12 heavy (non-hydrogen) atoms. The summed E-state index contributed by atoms with van der Waals surface area (Å²) in [7, 11) is 0. The van der Waals surface area contributed by atoms with Gasteiger partial charge in [0.15, 0.2) is 0 Å². The molecule has 0 fully saturated rings. The molecule has 1 atom stereocenters. The Balaban J connectivity index is 2.93. The summed E-state index contributed by atoms with van der Waals surface area (Å²) in [6.07, 6.45) is 5.14. The third-order valence-corrected chi connectivity index (χ3v) is 2.43. The molecule has 0 saturated carbocycles. The highest BCUT2D eigenvalue weighted by atomic mass is 32.1. The maximum atomic E-state index is 7.14. The first-order valence-corrected chi connectivity index (χ1v) is 4.17. The van der Waals surface area contributed by atoms with Gasteiger partial charge in [0.1, 0.15) is 11.9 Å². The van der Waals surface area contributed by atoms with Crippen LogP contribution in [0.3, 0.4) is 0 Å². The SMILES string of the molecule is C#C[C@@H](N)c1cc(C(=N)N)cs1. The minimum atomic E-state index is -0.386. The van der Waals surface area contributed by atoms with Gasteiger partial charge in [0.2, 0.25) is 0 Å². The van der Waals surface area contributed by atoms with E-state index in [-0.39, 0.29) is 11.9 Å². The average Bonchev–Trinajstić information content (AvgIpc) is 2.51. The van der Waals surface area contributed by atoms with E-state index in [1.807, 2.05) is 0 Å². The minimum absolute atomic E-state index is 0.0433. The van der Waals surface area contributed by atoms with Gasteiger partial charge in [0, 0.05) is 15.8 Å². The van der Waals surface area contributed by atoms with Gasteiger partial charge in [-0.15, -0.1) is 17.8 Å². The van der Waals surface area contributed by atoms with Crippen molar-refractivity contribution in [2.45, 2.75) is 6.04 Å². The Bertz CT molecular complexity index is 334. The maximum Gasteiger partial charge on any atom is 0.123 e. The Labute approximate surface area is 74.9 Å². The zero-order chi connectivity index (χ0) is 9.14. The normalized spacial score (nSPS) is 12.0. The van der Waals surface area contributed by atoms with E-state index in [1.165, 1.54) is 11.3 Å². The Morgan fingerprint density at radius 1 is 1.75 bits per heavy atom. The van der Waals surface area contributed by atoms with Gasteiger partial charge in [-0.2, -0.15) is 0 Å². The molecular weight excluding hydrogens is 170 g/mol. The zero-order valence-corrected chi connectivity index (χ0v) is 7.19. The van der Waals surface area contributed by atoms with E-state index in [9.17, 15) is 0 Å². The summed E-state index contributed by atoms with van der Waals surface area (Å²) in [5.74, 6) is 2.45. The van der Waals surface area contributed by atoms with Crippen molar-refractivity contribution in [1.29, 1.82) is 5.41 Å². The molecule has 4 heteroatoms. The number of terminal acetylenes is 1. The molecule has 0 saturated heterocycles. The van der Waals surface area contributed by atoms with Crippen LogP contribution in [0.2, 0.25) is 0 Å². The van der Waals surface area contributed by atoms with Gasteiger partial charge in [0.05, 0.1) is 0 Å². The molecular formula is C8H9N3S. The quantitative estimate of drug-likeness (QED) is 0.354. The van der Waals surface area contributed by atoms with Crippen molar-refractivity contribution in [3.05, 3.63) is 21.9 Å². The molecule has 5 N–H and O–H groups in total. The number of hydrogen-bond donors (Lipinski definition) is 3. The molecule has 0 radical (unpaired) electrons. The fourth-order valence-corrected chi connectivity index (χ4v) is 1.61. The highest BCUT2D eigenvalue weighted by Crippen LogP contribution is 2.19. The van der Waals surface area contributed by atoms with Crippen LogP contribution in [0.4, 0.5) is 0 Å². The van der Waals surface area contributed by atoms with Crippen molar-refractivity contribution < 1.29 is 0 Å². The summed E-state index contributed by atoms with van der Waals surface area (Å²) in [4.78, 5) is 0.864. The standard InChI is InChI=1S/C8H9N3S/c1-2-6(9)7-3-5(4-12-7)8(10)11/h1,3-4,6H,9H2,(H3,10,11)/t6-/m1/s1. The minimum Gasteiger partial charge on any atom is -0.384 e. The fourth-order valence-electron chi connectivity index (χ4n) is 0.739. The van der Waals surface area contributed by atoms with Crippen molar-refractivity contribution in [1.82, 2.24) is 0 Å². The second-order valence-corrected chi connectivity index (χ2v) is 3.24. The van der Waals surface area contributed by atoms with E-state index in [2.05, 4.69) is 5.92 Å². The number of nitrogens with two attached hydrogens (primary N) is 2. The smallest absolute Gasteiger partial charge is 0.123 e. The van der Waals surface area contributed by atoms with Crippen molar-refractivity contribution in [3.8, 4) is 12.3 Å². The molecule has 0 aliphatic carbocycles. The van der Waals surface area contributed by atoms with Crippen LogP contribution in [0.25, 0.3) is 0 Å². The molecule has 1 aromatic rings. The largest absolute Gasteiger partial charge is 0.384 e. The summed E-state index contributed by atoms with van der Waals surface area (Å²) in [5, 5.41) is 8.91. The number of nitrogens with one attached hydrogen (secondary N) is 1. The highest BCUT2D eigenvalue weighted by Gasteiger charge is 2.06. The van der Waals surface area contributed by atoms with Crippen molar-refractivity contribution in [3.63, 3.8) is 0 Å². The van der Waals surface area contributed by atoms with Crippen LogP contribution in [0.5, 0.6) is 0 Å². The Kier molecular flexibility index (Phi) is 2.48. The number of hydrogen-bond acceptors (Lipinski definition) is 3. The van der Waals surface area contributed by atoms with Crippen LogP contribution in [0.1, 0.15) is 16.5 Å². The maximum absolute atomic E-state index is 7.14. The monoisotopic (exact) mass is 179 g/mol. The lowest BCUT2D eigenvalue weighted by Gasteiger charge is -1.97. The third-order valence-electron chi connectivity index (χ3n) is 1.42. The molecule has 0 aliphatic heterocycles. The summed E-state index contributed by atoms with van der Waals surface area (Å²) in [5.41, 5.74) is 11.5. The molecule has 62 valence electrons. The second kappa shape index (κ2) is 3.39. The van der Waals surface area contributed by atoms with E-state index >= 15 is 0 Å². The predicted octanol–water partition coefficient (Wildman–Crippen LogP) is 0.665. The lowest BCUT2D eigenvalue weighted by Crippen LogP contribution is -2.10. The van der Waals surface area contributed by atoms with Gasteiger partial charge < -0.3 is 11.5 Å². The van der Waals surface area contributed by atoms with Crippen LogP contribution >= 0.6 is 11.3 Å². The van der Waals surface area contributed by atoms with Crippen LogP contribution in [-0.2, 0) is 0 Å². The number of rotatable bonds is 2. The molecule has 1 aromatic heterocycles. The topological polar surface area (TPSA) is 75.9 Å². The molecule has 1 heterocycles. The van der Waals surface area contributed by atoms with Gasteiger partial charge in [0.25, 0.3) is 0 Å². The highest BCUT2D eigenvalue weighted by molar-refractivity contribution is 7.10. The molecule has 0 aromatic carbocycles. The van der Waals surface area contributed by atoms with Crippen LogP contribution in [0.15, 0.2) is 11.4 Å². The van der Waals surface area contributed by atoms with E-state index in [0.717, 1.165) is 4.88 Å².